The van der Waals surface area contributed by atoms with E-state index >= 15 is 0 Å². The SMILES string of the molecule is CCCCCOc1ccc(C2C(C(=O)c3cc4cccc(OC)c4o3)=C(O)C(=O)N2CCCN2CCOCC2)cc1. The number of furan rings is 1. The van der Waals surface area contributed by atoms with Gasteiger partial charge in [0.1, 0.15) is 5.75 Å². The second-order valence-corrected chi connectivity index (χ2v) is 10.4. The van der Waals surface area contributed by atoms with Crippen LogP contribution >= 0.6 is 0 Å². The Bertz CT molecular complexity index is 1390. The van der Waals surface area contributed by atoms with E-state index in [9.17, 15) is 14.7 Å². The molecule has 1 fully saturated rings. The van der Waals surface area contributed by atoms with Crippen molar-refractivity contribution >= 4 is 22.7 Å². The van der Waals surface area contributed by atoms with Gasteiger partial charge in [0.15, 0.2) is 22.9 Å². The van der Waals surface area contributed by atoms with E-state index in [4.69, 9.17) is 18.6 Å². The number of benzene rings is 2. The molecule has 2 aromatic carbocycles. The number of rotatable bonds is 13. The summed E-state index contributed by atoms with van der Waals surface area (Å²) in [5.74, 6) is -0.381. The summed E-state index contributed by atoms with van der Waals surface area (Å²) in [4.78, 5) is 31.2. The fourth-order valence-corrected chi connectivity index (χ4v) is 5.48. The maximum Gasteiger partial charge on any atom is 0.290 e. The first-order valence-electron chi connectivity index (χ1n) is 14.4. The van der Waals surface area contributed by atoms with Gasteiger partial charge in [0.05, 0.1) is 38.5 Å². The van der Waals surface area contributed by atoms with Crippen LogP contribution in [-0.4, -0.2) is 79.7 Å². The molecule has 9 nitrogen and oxygen atoms in total. The number of ether oxygens (including phenoxy) is 3. The lowest BCUT2D eigenvalue weighted by molar-refractivity contribution is -0.129. The third kappa shape index (κ3) is 6.26. The highest BCUT2D eigenvalue weighted by Gasteiger charge is 2.44. The van der Waals surface area contributed by atoms with E-state index in [1.165, 1.54) is 7.11 Å². The summed E-state index contributed by atoms with van der Waals surface area (Å²) < 4.78 is 22.6. The van der Waals surface area contributed by atoms with Crippen molar-refractivity contribution in [3.8, 4) is 11.5 Å². The van der Waals surface area contributed by atoms with Gasteiger partial charge in [0.25, 0.3) is 5.91 Å². The van der Waals surface area contributed by atoms with Gasteiger partial charge in [-0.15, -0.1) is 0 Å². The number of fused-ring (bicyclic) bond motifs is 1. The van der Waals surface area contributed by atoms with Gasteiger partial charge in [-0.05, 0) is 42.7 Å². The van der Waals surface area contributed by atoms with E-state index in [0.29, 0.717) is 55.1 Å². The number of ketones is 1. The smallest absolute Gasteiger partial charge is 0.290 e. The Morgan fingerprint density at radius 1 is 1.05 bits per heavy atom. The molecule has 0 radical (unpaired) electrons. The first-order valence-corrected chi connectivity index (χ1v) is 14.4. The third-order valence-corrected chi connectivity index (χ3v) is 7.69. The predicted molar refractivity (Wildman–Crippen MR) is 155 cm³/mol. The van der Waals surface area contributed by atoms with Crippen molar-refractivity contribution in [2.75, 3.05) is 53.1 Å². The zero-order chi connectivity index (χ0) is 28.8. The van der Waals surface area contributed by atoms with Gasteiger partial charge in [-0.3, -0.25) is 14.5 Å². The second-order valence-electron chi connectivity index (χ2n) is 10.4. The minimum atomic E-state index is -0.760. The van der Waals surface area contributed by atoms with Gasteiger partial charge in [-0.25, -0.2) is 0 Å². The van der Waals surface area contributed by atoms with Gasteiger partial charge < -0.3 is 28.6 Å². The molecule has 1 atom stereocenters. The molecule has 1 aromatic heterocycles. The molecule has 0 bridgehead atoms. The quantitative estimate of drug-likeness (QED) is 0.221. The van der Waals surface area contributed by atoms with E-state index in [0.717, 1.165) is 44.6 Å². The number of carbonyl (C=O) groups excluding carboxylic acids is 2. The highest BCUT2D eigenvalue weighted by molar-refractivity contribution is 6.16. The molecule has 3 heterocycles. The molecule has 0 aliphatic carbocycles. The number of aliphatic hydroxyl groups excluding tert-OH is 1. The Morgan fingerprint density at radius 3 is 2.56 bits per heavy atom. The van der Waals surface area contributed by atoms with E-state index in [2.05, 4.69) is 11.8 Å². The van der Waals surface area contributed by atoms with E-state index in [1.54, 1.807) is 17.0 Å². The molecule has 218 valence electrons. The summed E-state index contributed by atoms with van der Waals surface area (Å²) in [6, 6.07) is 13.7. The first kappa shape index (κ1) is 28.7. The normalized spacial score (nSPS) is 18.0. The van der Waals surface area contributed by atoms with Gasteiger partial charge in [0.2, 0.25) is 5.78 Å². The lowest BCUT2D eigenvalue weighted by Gasteiger charge is -2.30. The number of unbranched alkanes of at least 4 members (excludes halogenated alkanes) is 2. The zero-order valence-corrected chi connectivity index (χ0v) is 23.8. The summed E-state index contributed by atoms with van der Waals surface area (Å²) in [7, 11) is 1.53. The summed E-state index contributed by atoms with van der Waals surface area (Å²) in [5.41, 5.74) is 1.16. The number of Topliss-reactive ketones (excluding diaryl/α,β-unsaturated/α-hetero) is 1. The van der Waals surface area contributed by atoms with Crippen LogP contribution in [-0.2, 0) is 9.53 Å². The van der Waals surface area contributed by atoms with E-state index in [1.807, 2.05) is 36.4 Å². The molecule has 3 aromatic rings. The topological polar surface area (TPSA) is 102 Å². The Kier molecular flexibility index (Phi) is 9.26. The summed E-state index contributed by atoms with van der Waals surface area (Å²) >= 11 is 0. The zero-order valence-electron chi connectivity index (χ0n) is 23.8. The number of morpholine rings is 1. The summed E-state index contributed by atoms with van der Waals surface area (Å²) in [6.45, 7) is 7.03. The molecule has 41 heavy (non-hydrogen) atoms. The van der Waals surface area contributed by atoms with Crippen LogP contribution < -0.4 is 9.47 Å². The molecular weight excluding hydrogens is 524 g/mol. The number of para-hydroxylation sites is 1. The van der Waals surface area contributed by atoms with Gasteiger partial charge in [-0.2, -0.15) is 0 Å². The number of amides is 1. The number of carbonyl (C=O) groups is 2. The van der Waals surface area contributed by atoms with Gasteiger partial charge >= 0.3 is 0 Å². The number of nitrogens with zero attached hydrogens (tertiary/aromatic N) is 2. The van der Waals surface area contributed by atoms with Crippen molar-refractivity contribution in [2.24, 2.45) is 0 Å². The second kappa shape index (κ2) is 13.2. The van der Waals surface area contributed by atoms with E-state index < -0.39 is 23.5 Å². The average Bonchev–Trinajstić information content (AvgIpc) is 3.55. The third-order valence-electron chi connectivity index (χ3n) is 7.69. The Hall–Kier alpha value is -3.82. The van der Waals surface area contributed by atoms with Crippen LogP contribution in [0.1, 0.15) is 54.8 Å². The van der Waals surface area contributed by atoms with Crippen molar-refractivity contribution in [1.82, 2.24) is 9.80 Å². The minimum Gasteiger partial charge on any atom is -0.503 e. The number of hydrogen-bond donors (Lipinski definition) is 1. The largest absolute Gasteiger partial charge is 0.503 e. The Morgan fingerprint density at radius 2 is 1.83 bits per heavy atom. The lowest BCUT2D eigenvalue weighted by Crippen LogP contribution is -2.39. The molecule has 2 aliphatic heterocycles. The molecule has 2 aliphatic rings. The molecule has 1 amide bonds. The van der Waals surface area contributed by atoms with Crippen LogP contribution in [0.5, 0.6) is 11.5 Å². The number of methoxy groups -OCH3 is 1. The predicted octanol–water partition coefficient (Wildman–Crippen LogP) is 5.31. The highest BCUT2D eigenvalue weighted by Crippen LogP contribution is 2.40. The van der Waals surface area contributed by atoms with Crippen LogP contribution in [0.4, 0.5) is 0 Å². The average molecular weight is 563 g/mol. The molecule has 5 rings (SSSR count). The molecule has 0 saturated carbocycles. The van der Waals surface area contributed by atoms with Crippen molar-refractivity contribution in [2.45, 2.75) is 38.6 Å². The van der Waals surface area contributed by atoms with Crippen molar-refractivity contribution in [3.63, 3.8) is 0 Å². The monoisotopic (exact) mass is 562 g/mol. The van der Waals surface area contributed by atoms with Crippen molar-refractivity contribution in [1.29, 1.82) is 0 Å². The Balaban J connectivity index is 1.42. The van der Waals surface area contributed by atoms with Gasteiger partial charge in [0, 0.05) is 31.6 Å². The number of aliphatic hydroxyl groups is 1. The van der Waals surface area contributed by atoms with E-state index in [-0.39, 0.29) is 11.3 Å². The molecular formula is C32H38N2O7. The van der Waals surface area contributed by atoms with Crippen LogP contribution in [0.3, 0.4) is 0 Å². The fraction of sp³-hybridized carbons (Fsp3) is 0.438. The molecule has 1 saturated heterocycles. The Labute approximate surface area is 240 Å². The van der Waals surface area contributed by atoms with Crippen LogP contribution in [0.15, 0.2) is 64.3 Å². The highest BCUT2D eigenvalue weighted by atomic mass is 16.5. The fourth-order valence-electron chi connectivity index (χ4n) is 5.48. The maximum atomic E-state index is 13.9. The number of hydrogen-bond acceptors (Lipinski definition) is 8. The first-order chi connectivity index (χ1) is 20.0. The van der Waals surface area contributed by atoms with Crippen LogP contribution in [0.25, 0.3) is 11.0 Å². The lowest BCUT2D eigenvalue weighted by atomic mass is 9.95. The molecule has 0 spiro atoms. The maximum absolute atomic E-state index is 13.9. The standard InChI is InChI=1S/C32H38N2O7/c1-3-4-5-18-40-24-12-10-22(11-13-24)28-27(29(35)26-21-23-8-6-9-25(38-2)31(23)41-26)30(36)32(37)34(28)15-7-14-33-16-19-39-20-17-33/h6,8-13,21,28,36H,3-5,7,14-20H2,1-2H3. The summed E-state index contributed by atoms with van der Waals surface area (Å²) in [6.07, 6.45) is 3.89. The van der Waals surface area contributed by atoms with Crippen molar-refractivity contribution in [3.05, 3.63) is 71.2 Å². The molecule has 1 unspecified atom stereocenters. The minimum absolute atomic E-state index is 0.0102. The molecule has 1 N–H and O–H groups in total. The van der Waals surface area contributed by atoms with Crippen LogP contribution in [0.2, 0.25) is 0 Å². The molecule has 9 heteroatoms. The van der Waals surface area contributed by atoms with Crippen LogP contribution in [0, 0.1) is 0 Å². The van der Waals surface area contributed by atoms with Crippen molar-refractivity contribution < 1.29 is 33.3 Å². The summed E-state index contributed by atoms with van der Waals surface area (Å²) in [5, 5.41) is 11.8. The van der Waals surface area contributed by atoms with Gasteiger partial charge in [-0.1, -0.05) is 44.0 Å².